The Labute approximate surface area is 185 Å². The molecule has 31 heavy (non-hydrogen) atoms. The number of hydrogen-bond donors (Lipinski definition) is 1. The molecule has 3 fully saturated rings. The SMILES string of the molecule is CC(C)C1=C[C@H]2C[C@]3(C=O)[C@@H]4CC[C@@H](C)[C@H]4C[C@@]2(CO)[C@]13C(=O)OCc1ccccc1. The van der Waals surface area contributed by atoms with E-state index in [1.807, 2.05) is 30.3 Å². The van der Waals surface area contributed by atoms with Crippen molar-refractivity contribution >= 4 is 12.3 Å². The average molecular weight is 423 g/mol. The first-order valence-electron chi connectivity index (χ1n) is 11.9. The van der Waals surface area contributed by atoms with Crippen LogP contribution in [0.3, 0.4) is 0 Å². The Hall–Kier alpha value is -1.94. The number of fused-ring (bicyclic) bond motifs is 2. The van der Waals surface area contributed by atoms with E-state index in [1.165, 1.54) is 0 Å². The number of hydrogen-bond acceptors (Lipinski definition) is 4. The van der Waals surface area contributed by atoms with E-state index in [4.69, 9.17) is 4.74 Å². The molecule has 1 aromatic carbocycles. The lowest BCUT2D eigenvalue weighted by Gasteiger charge is -2.58. The van der Waals surface area contributed by atoms with Crippen LogP contribution < -0.4 is 0 Å². The van der Waals surface area contributed by atoms with Gasteiger partial charge in [-0.3, -0.25) is 4.79 Å². The first-order valence-corrected chi connectivity index (χ1v) is 11.9. The third-order valence-corrected chi connectivity index (χ3v) is 9.60. The highest BCUT2D eigenvalue weighted by Gasteiger charge is 2.84. The minimum Gasteiger partial charge on any atom is -0.460 e. The molecule has 0 saturated heterocycles. The second-order valence-corrected chi connectivity index (χ2v) is 10.9. The minimum absolute atomic E-state index is 0.0576. The first-order chi connectivity index (χ1) is 14.9. The summed E-state index contributed by atoms with van der Waals surface area (Å²) in [5.74, 6) is 0.981. The van der Waals surface area contributed by atoms with Crippen LogP contribution in [0.2, 0.25) is 0 Å². The Morgan fingerprint density at radius 2 is 1.97 bits per heavy atom. The Balaban J connectivity index is 1.65. The predicted octanol–water partition coefficient (Wildman–Crippen LogP) is 4.56. The van der Waals surface area contributed by atoms with Crippen molar-refractivity contribution in [1.29, 1.82) is 0 Å². The smallest absolute Gasteiger partial charge is 0.318 e. The Kier molecular flexibility index (Phi) is 4.75. The van der Waals surface area contributed by atoms with Crippen molar-refractivity contribution in [2.24, 2.45) is 45.8 Å². The molecule has 5 rings (SSSR count). The fraction of sp³-hybridized carbons (Fsp3) is 0.630. The zero-order valence-corrected chi connectivity index (χ0v) is 18.8. The molecule has 0 heterocycles. The number of carbonyl (C=O) groups excluding carboxylic acids is 2. The second-order valence-electron chi connectivity index (χ2n) is 10.9. The molecule has 0 spiro atoms. The number of benzene rings is 1. The number of allylic oxidation sites excluding steroid dienone is 1. The van der Waals surface area contributed by atoms with E-state index < -0.39 is 16.2 Å². The van der Waals surface area contributed by atoms with Crippen molar-refractivity contribution < 1.29 is 19.4 Å². The van der Waals surface area contributed by atoms with Crippen LogP contribution in [0.4, 0.5) is 0 Å². The maximum Gasteiger partial charge on any atom is 0.318 e. The minimum atomic E-state index is -1.05. The van der Waals surface area contributed by atoms with Crippen LogP contribution in [0.15, 0.2) is 42.0 Å². The van der Waals surface area contributed by atoms with E-state index in [9.17, 15) is 14.7 Å². The molecule has 4 aliphatic rings. The van der Waals surface area contributed by atoms with Gasteiger partial charge in [-0.2, -0.15) is 0 Å². The number of rotatable bonds is 6. The van der Waals surface area contributed by atoms with Crippen molar-refractivity contribution in [3.8, 4) is 0 Å². The average Bonchev–Trinajstić information content (AvgIpc) is 3.35. The normalized spacial score (nSPS) is 42.4. The Morgan fingerprint density at radius 3 is 2.61 bits per heavy atom. The van der Waals surface area contributed by atoms with Gasteiger partial charge in [-0.15, -0.1) is 0 Å². The van der Waals surface area contributed by atoms with E-state index in [2.05, 4.69) is 26.8 Å². The zero-order chi connectivity index (χ0) is 22.0. The first kappa shape index (κ1) is 20.9. The molecule has 4 heteroatoms. The molecule has 0 unspecified atom stereocenters. The summed E-state index contributed by atoms with van der Waals surface area (Å²) in [5.41, 5.74) is -0.473. The number of aliphatic hydroxyl groups is 1. The second kappa shape index (κ2) is 7.03. The molecule has 0 amide bonds. The van der Waals surface area contributed by atoms with Crippen molar-refractivity contribution in [2.45, 2.75) is 53.1 Å². The van der Waals surface area contributed by atoms with Crippen molar-refractivity contribution in [2.75, 3.05) is 6.61 Å². The summed E-state index contributed by atoms with van der Waals surface area (Å²) >= 11 is 0. The summed E-state index contributed by atoms with van der Waals surface area (Å²) < 4.78 is 6.03. The van der Waals surface area contributed by atoms with E-state index in [0.29, 0.717) is 18.3 Å². The van der Waals surface area contributed by atoms with Gasteiger partial charge in [-0.05, 0) is 54.4 Å². The standard InChI is InChI=1S/C27H34O4/c1-17(2)23-11-20-12-26(16-29)22-10-9-18(3)21(22)13-25(20,15-28)27(23,26)24(30)31-14-19-7-5-4-6-8-19/h4-8,11,16-18,20-22,28H,9-10,12-15H2,1-3H3/t18-,20+,21-,22-,25+,26+,27-/m1/s1. The zero-order valence-electron chi connectivity index (χ0n) is 18.8. The molecule has 1 N–H and O–H groups in total. The summed E-state index contributed by atoms with van der Waals surface area (Å²) in [7, 11) is 0. The molecule has 0 aromatic heterocycles. The monoisotopic (exact) mass is 422 g/mol. The van der Waals surface area contributed by atoms with E-state index >= 15 is 0 Å². The Morgan fingerprint density at radius 1 is 1.23 bits per heavy atom. The van der Waals surface area contributed by atoms with Gasteiger partial charge < -0.3 is 14.6 Å². The number of aliphatic hydroxyl groups excluding tert-OH is 1. The molecule has 7 atom stereocenters. The van der Waals surface area contributed by atoms with E-state index in [1.54, 1.807) is 0 Å². The predicted molar refractivity (Wildman–Crippen MR) is 118 cm³/mol. The van der Waals surface area contributed by atoms with E-state index in [0.717, 1.165) is 36.7 Å². The van der Waals surface area contributed by atoms with Crippen molar-refractivity contribution in [3.05, 3.63) is 47.5 Å². The van der Waals surface area contributed by atoms with Gasteiger partial charge in [0.1, 0.15) is 18.3 Å². The summed E-state index contributed by atoms with van der Waals surface area (Å²) in [6, 6.07) is 9.70. The third-order valence-electron chi connectivity index (χ3n) is 9.60. The highest BCUT2D eigenvalue weighted by molar-refractivity contribution is 5.91. The van der Waals surface area contributed by atoms with Gasteiger partial charge in [0.05, 0.1) is 12.0 Å². The molecule has 4 bridgehead atoms. The van der Waals surface area contributed by atoms with Crippen LogP contribution in [0.1, 0.15) is 52.0 Å². The molecule has 166 valence electrons. The van der Waals surface area contributed by atoms with Gasteiger partial charge in [0.25, 0.3) is 0 Å². The van der Waals surface area contributed by atoms with Crippen LogP contribution in [0.5, 0.6) is 0 Å². The topological polar surface area (TPSA) is 63.6 Å². The van der Waals surface area contributed by atoms with E-state index in [-0.39, 0.29) is 36.9 Å². The van der Waals surface area contributed by atoms with Gasteiger partial charge >= 0.3 is 5.97 Å². The van der Waals surface area contributed by atoms with Crippen LogP contribution in [0.25, 0.3) is 0 Å². The highest BCUT2D eigenvalue weighted by Crippen LogP contribution is 2.82. The fourth-order valence-corrected chi connectivity index (χ4v) is 8.47. The van der Waals surface area contributed by atoms with Gasteiger partial charge in [-0.1, -0.05) is 69.2 Å². The van der Waals surface area contributed by atoms with Crippen LogP contribution in [-0.2, 0) is 20.9 Å². The lowest BCUT2D eigenvalue weighted by molar-refractivity contribution is -0.190. The third kappa shape index (κ3) is 2.35. The van der Waals surface area contributed by atoms with Gasteiger partial charge in [0, 0.05) is 5.41 Å². The Bertz CT molecular complexity index is 920. The van der Waals surface area contributed by atoms with Crippen LogP contribution >= 0.6 is 0 Å². The van der Waals surface area contributed by atoms with Gasteiger partial charge in [-0.25, -0.2) is 0 Å². The summed E-state index contributed by atoms with van der Waals surface area (Å²) in [6.45, 7) is 6.60. The molecule has 4 nitrogen and oxygen atoms in total. The number of ether oxygens (including phenoxy) is 1. The van der Waals surface area contributed by atoms with Gasteiger partial charge in [0.2, 0.25) is 0 Å². The molecule has 1 aromatic rings. The molecular formula is C27H34O4. The van der Waals surface area contributed by atoms with Crippen LogP contribution in [0, 0.1) is 45.8 Å². The maximum atomic E-state index is 14.2. The number of esters is 1. The van der Waals surface area contributed by atoms with Gasteiger partial charge in [0.15, 0.2) is 0 Å². The molecule has 0 aliphatic heterocycles. The molecule has 3 saturated carbocycles. The summed E-state index contributed by atoms with van der Waals surface area (Å²) in [5, 5.41) is 10.9. The number of carbonyl (C=O) groups is 2. The lowest BCUT2D eigenvalue weighted by Crippen LogP contribution is -2.63. The van der Waals surface area contributed by atoms with Crippen molar-refractivity contribution in [1.82, 2.24) is 0 Å². The summed E-state index contributed by atoms with van der Waals surface area (Å²) in [4.78, 5) is 27.3. The maximum absolute atomic E-state index is 14.2. The molecule has 4 aliphatic carbocycles. The van der Waals surface area contributed by atoms with Crippen molar-refractivity contribution in [3.63, 3.8) is 0 Å². The highest BCUT2D eigenvalue weighted by atomic mass is 16.5. The van der Waals surface area contributed by atoms with Crippen LogP contribution in [-0.4, -0.2) is 24.0 Å². The lowest BCUT2D eigenvalue weighted by atomic mass is 9.43. The quantitative estimate of drug-likeness (QED) is 0.415. The summed E-state index contributed by atoms with van der Waals surface area (Å²) in [6.07, 6.45) is 6.90. The molecule has 0 radical (unpaired) electrons. The fourth-order valence-electron chi connectivity index (χ4n) is 8.47. The molecular weight excluding hydrogens is 388 g/mol. The number of aldehydes is 1. The largest absolute Gasteiger partial charge is 0.460 e.